The van der Waals surface area contributed by atoms with Gasteiger partial charge in [0.05, 0.1) is 5.75 Å². The maximum Gasteiger partial charge on any atom is 0.284 e. The highest BCUT2D eigenvalue weighted by Gasteiger charge is 2.32. The molecule has 3 amide bonds. The molecule has 130 valence electrons. The van der Waals surface area contributed by atoms with Crippen molar-refractivity contribution in [3.63, 3.8) is 0 Å². The summed E-state index contributed by atoms with van der Waals surface area (Å²) in [6, 6.07) is 7.44. The summed E-state index contributed by atoms with van der Waals surface area (Å²) in [5.74, 6) is 0.344. The molecule has 1 aromatic carbocycles. The molecule has 3 N–H and O–H groups in total. The molecule has 25 heavy (non-hydrogen) atoms. The van der Waals surface area contributed by atoms with E-state index in [0.717, 1.165) is 34.8 Å². The zero-order chi connectivity index (χ0) is 17.8. The largest absolute Gasteiger partial charge is 0.326 e. The molecule has 0 radical (unpaired) electrons. The summed E-state index contributed by atoms with van der Waals surface area (Å²) in [5.41, 5.74) is 1.68. The molecule has 2 aliphatic rings. The minimum Gasteiger partial charge on any atom is -0.326 e. The van der Waals surface area contributed by atoms with E-state index in [1.807, 2.05) is 31.2 Å². The lowest BCUT2D eigenvalue weighted by molar-refractivity contribution is -0.122. The maximum absolute atomic E-state index is 12.2. The van der Waals surface area contributed by atoms with Crippen molar-refractivity contribution in [2.75, 3.05) is 11.1 Å². The van der Waals surface area contributed by atoms with Crippen LogP contribution in [0.4, 0.5) is 10.5 Å². The lowest BCUT2D eigenvalue weighted by atomic mass is 10.2. The molecule has 0 spiro atoms. The smallest absolute Gasteiger partial charge is 0.284 e. The van der Waals surface area contributed by atoms with Crippen molar-refractivity contribution in [1.82, 2.24) is 10.6 Å². The molecule has 2 fully saturated rings. The number of hydrogen-bond donors (Lipinski definition) is 3. The van der Waals surface area contributed by atoms with Gasteiger partial charge >= 0.3 is 0 Å². The number of carbonyl (C=O) groups is 3. The molecular formula is C15H15N5O3S2. The number of para-hydroxylation sites is 1. The number of nitrogens with one attached hydrogen (secondary N) is 3. The first-order valence-electron chi connectivity index (χ1n) is 7.42. The summed E-state index contributed by atoms with van der Waals surface area (Å²) >= 11 is 2.25. The Morgan fingerprint density at radius 3 is 2.80 bits per heavy atom. The zero-order valence-corrected chi connectivity index (χ0v) is 14.9. The van der Waals surface area contributed by atoms with E-state index in [2.05, 4.69) is 26.2 Å². The van der Waals surface area contributed by atoms with Crippen LogP contribution >= 0.6 is 23.5 Å². The van der Waals surface area contributed by atoms with E-state index in [1.54, 1.807) is 0 Å². The fraction of sp³-hybridized carbons (Fsp3) is 0.267. The topological polar surface area (TPSA) is 112 Å². The van der Waals surface area contributed by atoms with Gasteiger partial charge in [-0.3, -0.25) is 14.4 Å². The van der Waals surface area contributed by atoms with E-state index in [4.69, 9.17) is 0 Å². The van der Waals surface area contributed by atoms with Gasteiger partial charge in [0, 0.05) is 12.1 Å². The van der Waals surface area contributed by atoms with E-state index in [9.17, 15) is 14.4 Å². The Labute approximate surface area is 152 Å². The van der Waals surface area contributed by atoms with E-state index in [0.29, 0.717) is 16.8 Å². The zero-order valence-electron chi connectivity index (χ0n) is 13.2. The molecule has 0 aliphatic carbocycles. The molecule has 2 aliphatic heterocycles. The summed E-state index contributed by atoms with van der Waals surface area (Å²) < 4.78 is 0. The molecule has 0 bridgehead atoms. The van der Waals surface area contributed by atoms with E-state index in [-0.39, 0.29) is 23.5 Å². The number of benzene rings is 1. The number of anilines is 1. The van der Waals surface area contributed by atoms with Crippen molar-refractivity contribution in [1.29, 1.82) is 0 Å². The van der Waals surface area contributed by atoms with Crippen LogP contribution in [0.1, 0.15) is 12.0 Å². The van der Waals surface area contributed by atoms with Gasteiger partial charge in [-0.2, -0.15) is 0 Å². The van der Waals surface area contributed by atoms with Crippen molar-refractivity contribution < 1.29 is 14.4 Å². The highest BCUT2D eigenvalue weighted by Crippen LogP contribution is 2.23. The Hall–Kier alpha value is -2.33. The van der Waals surface area contributed by atoms with Gasteiger partial charge in [0.25, 0.3) is 5.24 Å². The normalized spacial score (nSPS) is 23.0. The lowest BCUT2D eigenvalue weighted by Gasteiger charge is -2.09. The molecule has 1 aromatic rings. The van der Waals surface area contributed by atoms with Crippen LogP contribution in [0.15, 0.2) is 34.5 Å². The molecule has 0 aromatic heterocycles. The van der Waals surface area contributed by atoms with Crippen molar-refractivity contribution in [3.8, 4) is 0 Å². The van der Waals surface area contributed by atoms with Crippen LogP contribution in [0.2, 0.25) is 0 Å². The fourth-order valence-electron chi connectivity index (χ4n) is 2.15. The minimum absolute atomic E-state index is 0.0347. The van der Waals surface area contributed by atoms with Gasteiger partial charge < -0.3 is 16.0 Å². The Morgan fingerprint density at radius 1 is 1.28 bits per heavy atom. The van der Waals surface area contributed by atoms with E-state index in [1.165, 1.54) is 0 Å². The fourth-order valence-corrected chi connectivity index (χ4v) is 3.66. The van der Waals surface area contributed by atoms with Crippen LogP contribution in [0.3, 0.4) is 0 Å². The second-order valence-corrected chi connectivity index (χ2v) is 7.46. The number of nitrogens with zero attached hydrogens (tertiary/aromatic N) is 2. The Bertz CT molecular complexity index is 793. The van der Waals surface area contributed by atoms with Gasteiger partial charge in [-0.05, 0) is 18.6 Å². The van der Waals surface area contributed by atoms with Crippen LogP contribution in [-0.4, -0.2) is 39.1 Å². The Morgan fingerprint density at radius 2 is 2.08 bits per heavy atom. The van der Waals surface area contributed by atoms with Gasteiger partial charge in [-0.1, -0.05) is 41.7 Å². The first-order chi connectivity index (χ1) is 12.0. The molecule has 2 saturated heterocycles. The van der Waals surface area contributed by atoms with Crippen LogP contribution < -0.4 is 16.0 Å². The molecule has 10 heteroatoms. The number of thioether (sulfide) groups is 2. The van der Waals surface area contributed by atoms with Gasteiger partial charge in [0.1, 0.15) is 11.1 Å². The third kappa shape index (κ3) is 4.60. The minimum atomic E-state index is -0.560. The maximum atomic E-state index is 12.2. The second-order valence-electron chi connectivity index (χ2n) is 5.32. The predicted octanol–water partition coefficient (Wildman–Crippen LogP) is 1.68. The third-order valence-electron chi connectivity index (χ3n) is 3.41. The third-order valence-corrected chi connectivity index (χ3v) is 5.27. The Balaban J connectivity index is 1.57. The van der Waals surface area contributed by atoms with E-state index < -0.39 is 5.25 Å². The molecule has 3 rings (SSSR count). The summed E-state index contributed by atoms with van der Waals surface area (Å²) in [6.07, 6.45) is 0.0347. The number of amidine groups is 2. The monoisotopic (exact) mass is 377 g/mol. The number of aryl methyl sites for hydroxylation is 1. The van der Waals surface area contributed by atoms with Crippen molar-refractivity contribution in [3.05, 3.63) is 29.8 Å². The van der Waals surface area contributed by atoms with Crippen molar-refractivity contribution in [2.45, 2.75) is 18.6 Å². The first kappa shape index (κ1) is 17.5. The van der Waals surface area contributed by atoms with Gasteiger partial charge in [0.2, 0.25) is 11.8 Å². The molecule has 1 unspecified atom stereocenters. The van der Waals surface area contributed by atoms with Gasteiger partial charge in [-0.25, -0.2) is 0 Å². The summed E-state index contributed by atoms with van der Waals surface area (Å²) in [5, 5.41) is 15.3. The molecule has 2 heterocycles. The number of amides is 3. The average Bonchev–Trinajstić information content (AvgIpc) is 3.14. The number of hydrogen-bond acceptors (Lipinski definition) is 7. The summed E-state index contributed by atoms with van der Waals surface area (Å²) in [6.45, 7) is 1.90. The SMILES string of the molecule is Cc1ccccc1NC(=O)CC1S/C(=N/N=C2/CSC(=O)N2)NC1=O. The average molecular weight is 377 g/mol. The molecule has 1 atom stereocenters. The van der Waals surface area contributed by atoms with Crippen LogP contribution in [0.25, 0.3) is 0 Å². The van der Waals surface area contributed by atoms with Crippen molar-refractivity contribution in [2.24, 2.45) is 10.2 Å². The van der Waals surface area contributed by atoms with Crippen LogP contribution in [0, 0.1) is 6.92 Å². The molecule has 8 nitrogen and oxygen atoms in total. The quantitative estimate of drug-likeness (QED) is 0.691. The van der Waals surface area contributed by atoms with Crippen LogP contribution in [-0.2, 0) is 9.59 Å². The Kier molecular flexibility index (Phi) is 5.39. The predicted molar refractivity (Wildman–Crippen MR) is 99.8 cm³/mol. The number of carbonyl (C=O) groups excluding carboxylic acids is 3. The second kappa shape index (κ2) is 7.70. The standard InChI is InChI=1S/C15H15N5O3S2/c1-8-4-2-3-5-9(8)16-12(21)6-10-13(22)18-14(25-10)20-19-11-7-24-15(23)17-11/h2-5,10H,6-7H2,1H3,(H,16,21)(H,17,19,23)(H,18,20,22). The van der Waals surface area contributed by atoms with Gasteiger partial charge in [0.15, 0.2) is 5.17 Å². The van der Waals surface area contributed by atoms with E-state index >= 15 is 0 Å². The highest BCUT2D eigenvalue weighted by atomic mass is 32.2. The summed E-state index contributed by atoms with van der Waals surface area (Å²) in [7, 11) is 0. The lowest BCUT2D eigenvalue weighted by Crippen LogP contribution is -2.28. The van der Waals surface area contributed by atoms with Gasteiger partial charge in [-0.15, -0.1) is 10.2 Å². The number of rotatable bonds is 4. The van der Waals surface area contributed by atoms with Crippen LogP contribution in [0.5, 0.6) is 0 Å². The first-order valence-corrected chi connectivity index (χ1v) is 9.29. The molecular weight excluding hydrogens is 362 g/mol. The molecule has 0 saturated carbocycles. The highest BCUT2D eigenvalue weighted by molar-refractivity contribution is 8.15. The van der Waals surface area contributed by atoms with Crippen molar-refractivity contribution >= 4 is 57.3 Å². The summed E-state index contributed by atoms with van der Waals surface area (Å²) in [4.78, 5) is 35.2.